The number of benzene rings is 2. The van der Waals surface area contributed by atoms with Gasteiger partial charge in [0.15, 0.2) is 0 Å². The number of imide groups is 1. The van der Waals surface area contributed by atoms with E-state index in [1.54, 1.807) is 18.2 Å². The Kier molecular flexibility index (Phi) is 5.51. The molecule has 0 saturated heterocycles. The minimum Gasteiger partial charge on any atom is -0.269 e. The van der Waals surface area contributed by atoms with Gasteiger partial charge in [-0.3, -0.25) is 14.5 Å². The molecule has 1 aliphatic rings. The van der Waals surface area contributed by atoms with Crippen molar-refractivity contribution in [3.05, 3.63) is 75.4 Å². The second-order valence-corrected chi connectivity index (χ2v) is 8.56. The topological polar surface area (TPSA) is 37.4 Å². The Labute approximate surface area is 163 Å². The summed E-state index contributed by atoms with van der Waals surface area (Å²) in [6.07, 6.45) is 0. The average Bonchev–Trinajstić information content (AvgIpc) is 2.81. The van der Waals surface area contributed by atoms with Gasteiger partial charge >= 0.3 is 0 Å². The predicted octanol–water partition coefficient (Wildman–Crippen LogP) is 4.86. The number of aryl methyl sites for hydroxylation is 2. The van der Waals surface area contributed by atoms with Crippen LogP contribution in [0.3, 0.4) is 0 Å². The molecule has 0 unspecified atom stereocenters. The van der Waals surface area contributed by atoms with E-state index in [2.05, 4.69) is 0 Å². The van der Waals surface area contributed by atoms with Gasteiger partial charge in [0.1, 0.15) is 5.82 Å². The van der Waals surface area contributed by atoms with E-state index in [1.165, 1.54) is 17.8 Å². The Hall–Kier alpha value is -2.40. The lowest BCUT2D eigenvalue weighted by Gasteiger charge is -2.16. The number of carbonyl (C=O) groups is 2. The first-order valence-electron chi connectivity index (χ1n) is 8.87. The number of rotatable bonds is 5. The van der Waals surface area contributed by atoms with E-state index < -0.39 is 5.82 Å². The molecule has 3 nitrogen and oxygen atoms in total. The molecule has 0 spiro atoms. The first-order valence-corrected chi connectivity index (χ1v) is 9.75. The van der Waals surface area contributed by atoms with E-state index in [4.69, 9.17) is 0 Å². The maximum Gasteiger partial charge on any atom is 0.268 e. The van der Waals surface area contributed by atoms with Crippen LogP contribution in [0.4, 0.5) is 4.39 Å². The summed E-state index contributed by atoms with van der Waals surface area (Å²) in [5.74, 6) is -1.13. The van der Waals surface area contributed by atoms with Gasteiger partial charge in [-0.25, -0.2) is 4.39 Å². The first kappa shape index (κ1) is 19.4. The zero-order valence-electron chi connectivity index (χ0n) is 15.9. The minimum atomic E-state index is -0.420. The summed E-state index contributed by atoms with van der Waals surface area (Å²) in [6, 6.07) is 12.0. The molecule has 0 saturated carbocycles. The van der Waals surface area contributed by atoms with Gasteiger partial charge < -0.3 is 0 Å². The van der Waals surface area contributed by atoms with Crippen LogP contribution in [0, 0.1) is 19.7 Å². The second-order valence-electron chi connectivity index (χ2n) is 6.98. The number of nitrogens with zero attached hydrogens (tertiary/aromatic N) is 1. The fraction of sp³-hybridized carbons (Fsp3) is 0.273. The largest absolute Gasteiger partial charge is 0.269 e. The van der Waals surface area contributed by atoms with Gasteiger partial charge in [0.2, 0.25) is 0 Å². The van der Waals surface area contributed by atoms with Gasteiger partial charge in [-0.05, 0) is 31.0 Å². The number of hydrogen-bond acceptors (Lipinski definition) is 3. The van der Waals surface area contributed by atoms with Gasteiger partial charge in [-0.15, -0.1) is 11.8 Å². The number of amides is 2. The fourth-order valence-corrected chi connectivity index (χ4v) is 4.17. The number of thioether (sulfide) groups is 1. The Morgan fingerprint density at radius 1 is 1.04 bits per heavy atom. The highest BCUT2D eigenvalue weighted by Crippen LogP contribution is 2.39. The van der Waals surface area contributed by atoms with Crippen LogP contribution < -0.4 is 0 Å². The molecular formula is C22H22FNO2S. The zero-order valence-corrected chi connectivity index (χ0v) is 16.7. The Bertz CT molecular complexity index is 949. The van der Waals surface area contributed by atoms with Crippen LogP contribution in [0.2, 0.25) is 0 Å². The molecule has 0 N–H and O–H groups in total. The van der Waals surface area contributed by atoms with E-state index in [-0.39, 0.29) is 23.6 Å². The Balaban J connectivity index is 2.05. The van der Waals surface area contributed by atoms with E-state index >= 15 is 0 Å². The third-order valence-electron chi connectivity index (χ3n) is 4.42. The molecule has 0 radical (unpaired) electrons. The molecule has 0 aliphatic carbocycles. The predicted molar refractivity (Wildman–Crippen MR) is 108 cm³/mol. The summed E-state index contributed by atoms with van der Waals surface area (Å²) in [5.41, 5.74) is 3.55. The summed E-state index contributed by atoms with van der Waals surface area (Å²) in [5, 5.41) is 0.144. The van der Waals surface area contributed by atoms with Crippen LogP contribution in [0.15, 0.2) is 47.4 Å². The van der Waals surface area contributed by atoms with Crippen molar-refractivity contribution in [2.24, 2.45) is 0 Å². The first-order chi connectivity index (χ1) is 12.8. The monoisotopic (exact) mass is 383 g/mol. The van der Waals surface area contributed by atoms with Crippen molar-refractivity contribution in [2.75, 3.05) is 0 Å². The van der Waals surface area contributed by atoms with Crippen molar-refractivity contribution in [2.45, 2.75) is 39.5 Å². The van der Waals surface area contributed by atoms with Crippen molar-refractivity contribution in [3.8, 4) is 0 Å². The number of halogens is 1. The summed E-state index contributed by atoms with van der Waals surface area (Å²) < 4.78 is 14.1. The van der Waals surface area contributed by atoms with Crippen molar-refractivity contribution < 1.29 is 14.0 Å². The molecule has 0 bridgehead atoms. The van der Waals surface area contributed by atoms with Crippen molar-refractivity contribution in [1.82, 2.24) is 4.90 Å². The molecule has 2 aromatic rings. The molecule has 3 rings (SSSR count). The Morgan fingerprint density at radius 2 is 1.74 bits per heavy atom. The highest BCUT2D eigenvalue weighted by atomic mass is 32.2. The lowest BCUT2D eigenvalue weighted by atomic mass is 9.99. The highest BCUT2D eigenvalue weighted by molar-refractivity contribution is 8.04. The van der Waals surface area contributed by atoms with E-state index in [0.717, 1.165) is 21.6 Å². The summed E-state index contributed by atoms with van der Waals surface area (Å²) in [7, 11) is 0. The van der Waals surface area contributed by atoms with E-state index in [1.807, 2.05) is 45.9 Å². The third-order valence-corrected chi connectivity index (χ3v) is 5.50. The molecule has 2 aromatic carbocycles. The standard InChI is InChI=1S/C22H22FNO2S/c1-13(2)27-20-19(17-10-9-14(3)11-15(17)4)21(25)24(22(20)26)12-16-7-5-6-8-18(16)23/h5-11,13H,12H2,1-4H3. The molecule has 2 amide bonds. The number of hydrogen-bond donors (Lipinski definition) is 0. The summed E-state index contributed by atoms with van der Waals surface area (Å²) in [4.78, 5) is 27.8. The Morgan fingerprint density at radius 3 is 2.37 bits per heavy atom. The van der Waals surface area contributed by atoms with E-state index in [9.17, 15) is 14.0 Å². The van der Waals surface area contributed by atoms with Crippen LogP contribution in [0.1, 0.15) is 36.1 Å². The molecule has 27 heavy (non-hydrogen) atoms. The maximum atomic E-state index is 14.1. The van der Waals surface area contributed by atoms with Crippen LogP contribution in [0.25, 0.3) is 5.57 Å². The third kappa shape index (κ3) is 3.83. The number of carbonyl (C=O) groups excluding carboxylic acids is 2. The molecule has 140 valence electrons. The van der Waals surface area contributed by atoms with Gasteiger partial charge in [0, 0.05) is 10.8 Å². The molecule has 5 heteroatoms. The maximum absolute atomic E-state index is 14.1. The molecular weight excluding hydrogens is 361 g/mol. The normalized spacial score (nSPS) is 14.7. The lowest BCUT2D eigenvalue weighted by molar-refractivity contribution is -0.137. The minimum absolute atomic E-state index is 0.0685. The lowest BCUT2D eigenvalue weighted by Crippen LogP contribution is -2.31. The van der Waals surface area contributed by atoms with Crippen LogP contribution >= 0.6 is 11.8 Å². The van der Waals surface area contributed by atoms with Gasteiger partial charge in [-0.1, -0.05) is 55.8 Å². The van der Waals surface area contributed by atoms with E-state index in [0.29, 0.717) is 16.0 Å². The average molecular weight is 383 g/mol. The molecule has 0 aromatic heterocycles. The van der Waals surface area contributed by atoms with Gasteiger partial charge in [0.25, 0.3) is 11.8 Å². The quantitative estimate of drug-likeness (QED) is 0.692. The SMILES string of the molecule is Cc1ccc(C2=C(SC(C)C)C(=O)N(Cc3ccccc3F)C2=O)c(C)c1. The zero-order chi connectivity index (χ0) is 19.7. The van der Waals surface area contributed by atoms with Crippen LogP contribution in [-0.4, -0.2) is 22.0 Å². The molecule has 0 atom stereocenters. The highest BCUT2D eigenvalue weighted by Gasteiger charge is 2.40. The van der Waals surface area contributed by atoms with Crippen LogP contribution in [-0.2, 0) is 16.1 Å². The summed E-state index contributed by atoms with van der Waals surface area (Å²) >= 11 is 1.38. The smallest absolute Gasteiger partial charge is 0.268 e. The molecule has 1 aliphatic heterocycles. The van der Waals surface area contributed by atoms with Gasteiger partial charge in [-0.2, -0.15) is 0 Å². The molecule has 0 fully saturated rings. The van der Waals surface area contributed by atoms with Crippen molar-refractivity contribution in [1.29, 1.82) is 0 Å². The fourth-order valence-electron chi connectivity index (χ4n) is 3.17. The second kappa shape index (κ2) is 7.69. The van der Waals surface area contributed by atoms with Crippen molar-refractivity contribution >= 4 is 29.1 Å². The molecule has 1 heterocycles. The van der Waals surface area contributed by atoms with Crippen molar-refractivity contribution in [3.63, 3.8) is 0 Å². The van der Waals surface area contributed by atoms with Crippen LogP contribution in [0.5, 0.6) is 0 Å². The van der Waals surface area contributed by atoms with Gasteiger partial charge in [0.05, 0.1) is 17.0 Å². The summed E-state index contributed by atoms with van der Waals surface area (Å²) in [6.45, 7) is 7.81.